The smallest absolute Gasteiger partial charge is 0.407 e. The number of carbonyl (C=O) groups excluding carboxylic acids is 1. The van der Waals surface area contributed by atoms with Crippen LogP contribution in [0.5, 0.6) is 0 Å². The van der Waals surface area contributed by atoms with Gasteiger partial charge in [0.05, 0.1) is 0 Å². The molecule has 23 heavy (non-hydrogen) atoms. The maximum atomic E-state index is 12.3. The summed E-state index contributed by atoms with van der Waals surface area (Å²) in [5.41, 5.74) is 0.821. The van der Waals surface area contributed by atoms with Gasteiger partial charge >= 0.3 is 6.09 Å². The minimum absolute atomic E-state index is 0.204. The average Bonchev–Trinajstić information content (AvgIpc) is 3.01. The number of benzene rings is 1. The molecule has 0 bridgehead atoms. The second-order valence-corrected chi connectivity index (χ2v) is 5.54. The van der Waals surface area contributed by atoms with Gasteiger partial charge in [0.1, 0.15) is 5.76 Å². The summed E-state index contributed by atoms with van der Waals surface area (Å²) in [6, 6.07) is 10.4. The molecule has 6 nitrogen and oxygen atoms in total. The van der Waals surface area contributed by atoms with Crippen molar-refractivity contribution in [2.45, 2.75) is 0 Å². The molecule has 0 aliphatic heterocycles. The van der Waals surface area contributed by atoms with E-state index >= 15 is 0 Å². The monoisotopic (exact) mass is 336 g/mol. The van der Waals surface area contributed by atoms with Crippen LogP contribution in [0.2, 0.25) is 5.02 Å². The summed E-state index contributed by atoms with van der Waals surface area (Å²) in [7, 11) is 3.05. The first-order chi connectivity index (χ1) is 10.9. The quantitative estimate of drug-likeness (QED) is 0.909. The molecule has 1 N–H and O–H groups in total. The number of hydrogen-bond acceptors (Lipinski definition) is 3. The van der Waals surface area contributed by atoms with E-state index in [1.807, 2.05) is 0 Å². The van der Waals surface area contributed by atoms with Gasteiger partial charge in [-0.05, 0) is 36.4 Å². The molecule has 1 heterocycles. The van der Waals surface area contributed by atoms with Crippen LogP contribution in [0, 0.1) is 0 Å². The molecular weight excluding hydrogens is 320 g/mol. The zero-order valence-corrected chi connectivity index (χ0v) is 13.6. The third-order valence-corrected chi connectivity index (χ3v) is 3.64. The van der Waals surface area contributed by atoms with Crippen LogP contribution in [0.25, 0.3) is 11.3 Å². The lowest BCUT2D eigenvalue weighted by Gasteiger charge is -2.19. The van der Waals surface area contributed by atoms with Gasteiger partial charge in [0, 0.05) is 37.8 Å². The Kier molecular flexibility index (Phi) is 5.28. The van der Waals surface area contributed by atoms with Gasteiger partial charge in [0.2, 0.25) is 0 Å². The van der Waals surface area contributed by atoms with Crippen LogP contribution in [-0.2, 0) is 0 Å². The van der Waals surface area contributed by atoms with Crippen LogP contribution in [0.3, 0.4) is 0 Å². The van der Waals surface area contributed by atoms with Crippen molar-refractivity contribution in [3.05, 3.63) is 47.2 Å². The van der Waals surface area contributed by atoms with E-state index in [1.165, 1.54) is 11.9 Å². The number of carboxylic acid groups (broad SMARTS) is 1. The zero-order valence-electron chi connectivity index (χ0n) is 12.8. The Bertz CT molecular complexity index is 696. The van der Waals surface area contributed by atoms with Crippen LogP contribution >= 0.6 is 11.6 Å². The summed E-state index contributed by atoms with van der Waals surface area (Å²) in [6.07, 6.45) is -1.03. The number of nitrogens with zero attached hydrogens (tertiary/aromatic N) is 2. The molecule has 0 aliphatic carbocycles. The number of amides is 2. The molecule has 2 rings (SSSR count). The summed E-state index contributed by atoms with van der Waals surface area (Å²) in [5.74, 6) is 0.473. The molecule has 1 aromatic heterocycles. The van der Waals surface area contributed by atoms with Gasteiger partial charge in [-0.25, -0.2) is 4.79 Å². The summed E-state index contributed by atoms with van der Waals surface area (Å²) < 4.78 is 5.58. The highest BCUT2D eigenvalue weighted by Crippen LogP contribution is 2.24. The molecule has 0 atom stereocenters. The lowest BCUT2D eigenvalue weighted by Crippen LogP contribution is -2.36. The van der Waals surface area contributed by atoms with E-state index in [1.54, 1.807) is 43.4 Å². The topological polar surface area (TPSA) is 74.0 Å². The van der Waals surface area contributed by atoms with Crippen molar-refractivity contribution in [3.8, 4) is 11.3 Å². The first-order valence-corrected chi connectivity index (χ1v) is 7.31. The van der Waals surface area contributed by atoms with Gasteiger partial charge in [-0.15, -0.1) is 0 Å². The third kappa shape index (κ3) is 4.26. The number of halogens is 1. The van der Waals surface area contributed by atoms with Crippen LogP contribution in [0.15, 0.2) is 40.8 Å². The van der Waals surface area contributed by atoms with Crippen molar-refractivity contribution >= 4 is 23.6 Å². The summed E-state index contributed by atoms with van der Waals surface area (Å²) in [4.78, 5) is 25.5. The first-order valence-electron chi connectivity index (χ1n) is 6.94. The Labute approximate surface area is 138 Å². The molecule has 0 aliphatic rings. The van der Waals surface area contributed by atoms with Gasteiger partial charge in [-0.1, -0.05) is 11.6 Å². The molecule has 0 saturated carbocycles. The Morgan fingerprint density at radius 3 is 2.26 bits per heavy atom. The normalized spacial score (nSPS) is 10.4. The second kappa shape index (κ2) is 7.19. The van der Waals surface area contributed by atoms with Crippen LogP contribution in [-0.4, -0.2) is 54.1 Å². The Hall–Kier alpha value is -2.47. The minimum atomic E-state index is -1.03. The van der Waals surface area contributed by atoms with Crippen molar-refractivity contribution in [3.63, 3.8) is 0 Å². The molecule has 0 unspecified atom stereocenters. The second-order valence-electron chi connectivity index (χ2n) is 5.10. The Morgan fingerprint density at radius 1 is 1.04 bits per heavy atom. The van der Waals surface area contributed by atoms with Crippen molar-refractivity contribution < 1.29 is 19.1 Å². The number of hydrogen-bond donors (Lipinski definition) is 1. The fourth-order valence-corrected chi connectivity index (χ4v) is 2.03. The standard InChI is InChI=1S/C16H17ClN2O4/c1-18(9-10-19(2)16(21)22)15(20)14-8-7-13(23-14)11-3-5-12(17)6-4-11/h3-8H,9-10H2,1-2H3,(H,21,22). The molecule has 0 saturated heterocycles. The van der Waals surface area contributed by atoms with E-state index in [9.17, 15) is 9.59 Å². The molecule has 7 heteroatoms. The van der Waals surface area contributed by atoms with Crippen molar-refractivity contribution in [1.29, 1.82) is 0 Å². The average molecular weight is 337 g/mol. The van der Waals surface area contributed by atoms with Gasteiger partial charge in [0.15, 0.2) is 5.76 Å². The van der Waals surface area contributed by atoms with Crippen molar-refractivity contribution in [1.82, 2.24) is 9.80 Å². The molecule has 122 valence electrons. The molecule has 0 radical (unpaired) electrons. The van der Waals surface area contributed by atoms with Crippen LogP contribution in [0.4, 0.5) is 4.79 Å². The van der Waals surface area contributed by atoms with Crippen LogP contribution in [0.1, 0.15) is 10.6 Å². The molecule has 0 fully saturated rings. The van der Waals surface area contributed by atoms with Gasteiger partial charge < -0.3 is 19.3 Å². The largest absolute Gasteiger partial charge is 0.465 e. The predicted molar refractivity (Wildman–Crippen MR) is 86.8 cm³/mol. The summed E-state index contributed by atoms with van der Waals surface area (Å²) >= 11 is 5.84. The summed E-state index contributed by atoms with van der Waals surface area (Å²) in [6.45, 7) is 0.501. The fourth-order valence-electron chi connectivity index (χ4n) is 1.91. The zero-order chi connectivity index (χ0) is 17.0. The number of furan rings is 1. The van der Waals surface area contributed by atoms with E-state index < -0.39 is 6.09 Å². The lowest BCUT2D eigenvalue weighted by molar-refractivity contribution is 0.0748. The highest BCUT2D eigenvalue weighted by molar-refractivity contribution is 6.30. The first kappa shape index (κ1) is 16.9. The molecule has 1 aromatic carbocycles. The van der Waals surface area contributed by atoms with Crippen LogP contribution < -0.4 is 0 Å². The van der Waals surface area contributed by atoms with E-state index in [0.717, 1.165) is 10.5 Å². The Morgan fingerprint density at radius 2 is 1.65 bits per heavy atom. The Balaban J connectivity index is 2.03. The SMILES string of the molecule is CN(CCN(C)C(=O)c1ccc(-c2ccc(Cl)cc2)o1)C(=O)O. The maximum Gasteiger partial charge on any atom is 0.407 e. The van der Waals surface area contributed by atoms with Crippen molar-refractivity contribution in [2.24, 2.45) is 0 Å². The molecular formula is C16H17ClN2O4. The maximum absolute atomic E-state index is 12.3. The third-order valence-electron chi connectivity index (χ3n) is 3.39. The predicted octanol–water partition coefficient (Wildman–Crippen LogP) is 3.28. The van der Waals surface area contributed by atoms with Gasteiger partial charge in [0.25, 0.3) is 5.91 Å². The number of carbonyl (C=O) groups is 2. The summed E-state index contributed by atoms with van der Waals surface area (Å²) in [5, 5.41) is 9.42. The fraction of sp³-hybridized carbons (Fsp3) is 0.250. The van der Waals surface area contributed by atoms with E-state index in [0.29, 0.717) is 10.8 Å². The van der Waals surface area contributed by atoms with E-state index in [4.69, 9.17) is 21.1 Å². The van der Waals surface area contributed by atoms with E-state index in [2.05, 4.69) is 0 Å². The van der Waals surface area contributed by atoms with Gasteiger partial charge in [-0.3, -0.25) is 4.79 Å². The minimum Gasteiger partial charge on any atom is -0.465 e. The molecule has 2 amide bonds. The molecule has 0 spiro atoms. The lowest BCUT2D eigenvalue weighted by atomic mass is 10.2. The highest BCUT2D eigenvalue weighted by Gasteiger charge is 2.17. The number of likely N-dealkylation sites (N-methyl/N-ethyl adjacent to an activating group) is 2. The molecule has 2 aromatic rings. The highest BCUT2D eigenvalue weighted by atomic mass is 35.5. The van der Waals surface area contributed by atoms with E-state index in [-0.39, 0.29) is 24.8 Å². The number of rotatable bonds is 5. The van der Waals surface area contributed by atoms with Gasteiger partial charge in [-0.2, -0.15) is 0 Å². The van der Waals surface area contributed by atoms with Crippen molar-refractivity contribution in [2.75, 3.05) is 27.2 Å².